The van der Waals surface area contributed by atoms with Crippen molar-refractivity contribution in [3.8, 4) is 0 Å². The number of halogens is 1. The van der Waals surface area contributed by atoms with Crippen molar-refractivity contribution < 1.29 is 13.9 Å². The van der Waals surface area contributed by atoms with Crippen LogP contribution in [0.3, 0.4) is 0 Å². The molecule has 0 unspecified atom stereocenters. The van der Waals surface area contributed by atoms with Crippen molar-refractivity contribution in [1.29, 1.82) is 0 Å². The minimum absolute atomic E-state index is 0. The average molecular weight is 554 g/mol. The first-order valence-electron chi connectivity index (χ1n) is 11.1. The van der Waals surface area contributed by atoms with Crippen LogP contribution in [-0.4, -0.2) is 38.7 Å². The molecule has 1 aromatic heterocycles. The van der Waals surface area contributed by atoms with Crippen LogP contribution in [0.4, 0.5) is 5.69 Å². The van der Waals surface area contributed by atoms with Crippen LogP contribution in [0, 0.1) is 5.41 Å². The molecule has 1 aromatic carbocycles. The molecule has 1 amide bonds. The fourth-order valence-electron chi connectivity index (χ4n) is 4.04. The van der Waals surface area contributed by atoms with Gasteiger partial charge in [0.15, 0.2) is 11.7 Å². The highest BCUT2D eigenvalue weighted by Gasteiger charge is 2.33. The molecule has 1 fully saturated rings. The molecular formula is C24H35IN4O3. The van der Waals surface area contributed by atoms with Gasteiger partial charge in [-0.05, 0) is 61.4 Å². The third-order valence-corrected chi connectivity index (χ3v) is 5.85. The summed E-state index contributed by atoms with van der Waals surface area (Å²) in [6, 6.07) is 11.0. The smallest absolute Gasteiger partial charge is 0.291 e. The quantitative estimate of drug-likeness (QED) is 0.223. The van der Waals surface area contributed by atoms with Crippen molar-refractivity contribution in [3.63, 3.8) is 0 Å². The van der Waals surface area contributed by atoms with Crippen LogP contribution in [0.1, 0.15) is 55.1 Å². The van der Waals surface area contributed by atoms with Crippen molar-refractivity contribution in [3.05, 3.63) is 54.0 Å². The van der Waals surface area contributed by atoms with E-state index in [0.29, 0.717) is 17.7 Å². The molecule has 8 heteroatoms. The van der Waals surface area contributed by atoms with E-state index in [4.69, 9.17) is 14.1 Å². The van der Waals surface area contributed by atoms with Crippen LogP contribution in [-0.2, 0) is 11.3 Å². The Morgan fingerprint density at radius 2 is 1.91 bits per heavy atom. The molecule has 1 heterocycles. The molecule has 0 saturated heterocycles. The zero-order chi connectivity index (χ0) is 21.9. The molecule has 1 saturated carbocycles. The molecule has 1 aliphatic rings. The second-order valence-corrected chi connectivity index (χ2v) is 8.13. The summed E-state index contributed by atoms with van der Waals surface area (Å²) in [6.07, 6.45) is 7.64. The van der Waals surface area contributed by atoms with Crippen molar-refractivity contribution in [2.24, 2.45) is 10.4 Å². The summed E-state index contributed by atoms with van der Waals surface area (Å²) in [5.41, 5.74) is 2.10. The molecule has 0 radical (unpaired) electrons. The number of methoxy groups -OCH3 is 1. The number of aliphatic imine (C=N–C) groups is 1. The van der Waals surface area contributed by atoms with Crippen LogP contribution in [0.5, 0.6) is 0 Å². The topological polar surface area (TPSA) is 87.9 Å². The molecule has 3 N–H and O–H groups in total. The monoisotopic (exact) mass is 554 g/mol. The Bertz CT molecular complexity index is 831. The minimum Gasteiger partial charge on any atom is -0.459 e. The number of guanidine groups is 1. The summed E-state index contributed by atoms with van der Waals surface area (Å²) in [6.45, 7) is 5.17. The Labute approximate surface area is 207 Å². The summed E-state index contributed by atoms with van der Waals surface area (Å²) >= 11 is 0. The van der Waals surface area contributed by atoms with E-state index in [0.717, 1.165) is 43.3 Å². The van der Waals surface area contributed by atoms with Crippen LogP contribution in [0.15, 0.2) is 52.1 Å². The lowest BCUT2D eigenvalue weighted by Gasteiger charge is -2.30. The number of carbonyl (C=O) groups is 1. The normalized spacial score (nSPS) is 15.1. The van der Waals surface area contributed by atoms with Gasteiger partial charge in [0.1, 0.15) is 0 Å². The maximum atomic E-state index is 12.1. The van der Waals surface area contributed by atoms with E-state index < -0.39 is 0 Å². The molecule has 176 valence electrons. The van der Waals surface area contributed by atoms with Crippen molar-refractivity contribution in [1.82, 2.24) is 10.6 Å². The maximum Gasteiger partial charge on any atom is 0.291 e. The number of amides is 1. The number of anilines is 1. The van der Waals surface area contributed by atoms with Crippen LogP contribution < -0.4 is 16.0 Å². The van der Waals surface area contributed by atoms with E-state index in [1.54, 1.807) is 19.2 Å². The Morgan fingerprint density at radius 3 is 2.53 bits per heavy atom. The lowest BCUT2D eigenvalue weighted by molar-refractivity contribution is 0.0996. The van der Waals surface area contributed by atoms with E-state index in [-0.39, 0.29) is 29.9 Å². The predicted molar refractivity (Wildman–Crippen MR) is 139 cm³/mol. The molecule has 0 bridgehead atoms. The Hall–Kier alpha value is -2.07. The fourth-order valence-corrected chi connectivity index (χ4v) is 4.04. The van der Waals surface area contributed by atoms with Gasteiger partial charge in [-0.3, -0.25) is 4.79 Å². The number of nitrogens with zero attached hydrogens (tertiary/aromatic N) is 1. The van der Waals surface area contributed by atoms with Gasteiger partial charge in [0.2, 0.25) is 0 Å². The van der Waals surface area contributed by atoms with Gasteiger partial charge in [0.25, 0.3) is 5.91 Å². The van der Waals surface area contributed by atoms with Crippen molar-refractivity contribution in [2.75, 3.05) is 32.1 Å². The third kappa shape index (κ3) is 7.81. The van der Waals surface area contributed by atoms with Gasteiger partial charge < -0.3 is 25.1 Å². The maximum absolute atomic E-state index is 12.1. The molecular weight excluding hydrogens is 519 g/mol. The standard InChI is InChI=1S/C24H34N4O3.HI/c1-3-25-23(27-18-24(14-16-30-2)12-4-5-13-24)26-17-19-8-10-20(11-9-19)28-22(29)21-7-6-15-31-21;/h6-11,15H,3-5,12-14,16-18H2,1-2H3,(H,28,29)(H2,25,26,27);1H. The lowest BCUT2D eigenvalue weighted by atomic mass is 9.83. The fraction of sp³-hybridized carbons (Fsp3) is 0.500. The SMILES string of the molecule is CCNC(=NCc1ccc(NC(=O)c2ccco2)cc1)NCC1(CCOC)CCCC1.I. The first-order valence-corrected chi connectivity index (χ1v) is 11.1. The highest BCUT2D eigenvalue weighted by atomic mass is 127. The molecule has 0 spiro atoms. The van der Waals surface area contributed by atoms with Gasteiger partial charge in [-0.25, -0.2) is 4.99 Å². The van der Waals surface area contributed by atoms with Gasteiger partial charge >= 0.3 is 0 Å². The first kappa shape index (κ1) is 26.2. The molecule has 7 nitrogen and oxygen atoms in total. The largest absolute Gasteiger partial charge is 0.459 e. The summed E-state index contributed by atoms with van der Waals surface area (Å²) < 4.78 is 10.5. The lowest BCUT2D eigenvalue weighted by Crippen LogP contribution is -2.43. The Balaban J connectivity index is 0.00000363. The van der Waals surface area contributed by atoms with E-state index in [1.165, 1.54) is 31.9 Å². The van der Waals surface area contributed by atoms with Gasteiger partial charge in [-0.2, -0.15) is 0 Å². The van der Waals surface area contributed by atoms with E-state index in [1.807, 2.05) is 24.3 Å². The van der Waals surface area contributed by atoms with Gasteiger partial charge in [0.05, 0.1) is 12.8 Å². The molecule has 0 atom stereocenters. The Morgan fingerprint density at radius 1 is 1.16 bits per heavy atom. The molecule has 3 rings (SSSR count). The van der Waals surface area contributed by atoms with Crippen LogP contribution >= 0.6 is 24.0 Å². The second kappa shape index (κ2) is 13.5. The number of nitrogens with one attached hydrogen (secondary N) is 3. The number of ether oxygens (including phenoxy) is 1. The minimum atomic E-state index is -0.260. The number of hydrogen-bond donors (Lipinski definition) is 3. The third-order valence-electron chi connectivity index (χ3n) is 5.85. The summed E-state index contributed by atoms with van der Waals surface area (Å²) in [5, 5.41) is 9.72. The Kier molecular flexibility index (Phi) is 11.0. The molecule has 0 aliphatic heterocycles. The van der Waals surface area contributed by atoms with Gasteiger partial charge in [-0.1, -0.05) is 25.0 Å². The second-order valence-electron chi connectivity index (χ2n) is 8.13. The van der Waals surface area contributed by atoms with Crippen LogP contribution in [0.2, 0.25) is 0 Å². The van der Waals surface area contributed by atoms with E-state index >= 15 is 0 Å². The summed E-state index contributed by atoms with van der Waals surface area (Å²) in [4.78, 5) is 16.8. The highest BCUT2D eigenvalue weighted by Crippen LogP contribution is 2.40. The number of benzene rings is 1. The number of rotatable bonds is 10. The predicted octanol–water partition coefficient (Wildman–Crippen LogP) is 4.80. The zero-order valence-electron chi connectivity index (χ0n) is 19.0. The van der Waals surface area contributed by atoms with Crippen molar-refractivity contribution in [2.45, 2.75) is 45.6 Å². The average Bonchev–Trinajstić information content (AvgIpc) is 3.48. The zero-order valence-corrected chi connectivity index (χ0v) is 21.3. The summed E-state index contributed by atoms with van der Waals surface area (Å²) in [5.74, 6) is 0.866. The molecule has 2 aromatic rings. The van der Waals surface area contributed by atoms with Crippen molar-refractivity contribution >= 4 is 41.5 Å². The van der Waals surface area contributed by atoms with Crippen LogP contribution in [0.25, 0.3) is 0 Å². The number of carbonyl (C=O) groups excluding carboxylic acids is 1. The first-order chi connectivity index (χ1) is 15.1. The number of hydrogen-bond acceptors (Lipinski definition) is 4. The van der Waals surface area contributed by atoms with Gasteiger partial charge in [-0.15, -0.1) is 24.0 Å². The summed E-state index contributed by atoms with van der Waals surface area (Å²) in [7, 11) is 1.77. The molecule has 32 heavy (non-hydrogen) atoms. The molecule has 1 aliphatic carbocycles. The van der Waals surface area contributed by atoms with Gasteiger partial charge in [0, 0.05) is 32.5 Å². The van der Waals surface area contributed by atoms with E-state index in [9.17, 15) is 4.79 Å². The highest BCUT2D eigenvalue weighted by molar-refractivity contribution is 14.0. The number of furan rings is 1. The van der Waals surface area contributed by atoms with E-state index in [2.05, 4.69) is 22.9 Å².